The molecule has 2 heterocycles. The maximum absolute atomic E-state index is 12.4. The minimum absolute atomic E-state index is 0.00407. The molecule has 1 aliphatic rings. The molecule has 0 fully saturated rings. The van der Waals surface area contributed by atoms with Gasteiger partial charge in [-0.2, -0.15) is 4.98 Å². The SMILES string of the molecule is CCc1ccc(-c2noc(CN3Cc4ccccc4C[C@@H]3C(=O)NC)n2)cc1. The zero-order valence-electron chi connectivity index (χ0n) is 16.2. The molecule has 1 amide bonds. The molecule has 0 saturated heterocycles. The molecule has 28 heavy (non-hydrogen) atoms. The van der Waals surface area contributed by atoms with Crippen LogP contribution in [0.15, 0.2) is 53.1 Å². The number of likely N-dealkylation sites (N-methyl/N-ethyl adjacent to an activating group) is 1. The Balaban J connectivity index is 1.55. The van der Waals surface area contributed by atoms with E-state index < -0.39 is 0 Å². The van der Waals surface area contributed by atoms with Crippen molar-refractivity contribution >= 4 is 5.91 Å². The Labute approximate surface area is 164 Å². The van der Waals surface area contributed by atoms with Crippen LogP contribution in [0.3, 0.4) is 0 Å². The fraction of sp³-hybridized carbons (Fsp3) is 0.318. The van der Waals surface area contributed by atoms with Gasteiger partial charge in [-0.1, -0.05) is 60.6 Å². The molecule has 0 unspecified atom stereocenters. The van der Waals surface area contributed by atoms with Crippen LogP contribution in [0.4, 0.5) is 0 Å². The van der Waals surface area contributed by atoms with Crippen molar-refractivity contribution in [2.75, 3.05) is 7.05 Å². The highest BCUT2D eigenvalue weighted by Gasteiger charge is 2.32. The van der Waals surface area contributed by atoms with Gasteiger partial charge in [0.25, 0.3) is 0 Å². The summed E-state index contributed by atoms with van der Waals surface area (Å²) in [6.45, 7) is 3.24. The van der Waals surface area contributed by atoms with Crippen molar-refractivity contribution in [1.29, 1.82) is 0 Å². The van der Waals surface area contributed by atoms with Gasteiger partial charge in [-0.15, -0.1) is 0 Å². The Kier molecular flexibility index (Phi) is 5.21. The van der Waals surface area contributed by atoms with Crippen LogP contribution in [0.1, 0.15) is 29.5 Å². The average molecular weight is 376 g/mol. The molecular formula is C22H24N4O2. The minimum Gasteiger partial charge on any atom is -0.358 e. The number of carbonyl (C=O) groups is 1. The van der Waals surface area contributed by atoms with Crippen LogP contribution in [-0.4, -0.2) is 34.0 Å². The highest BCUT2D eigenvalue weighted by Crippen LogP contribution is 2.25. The van der Waals surface area contributed by atoms with Crippen molar-refractivity contribution in [2.24, 2.45) is 0 Å². The molecule has 1 aromatic heterocycles. The van der Waals surface area contributed by atoms with Gasteiger partial charge in [0.15, 0.2) is 0 Å². The largest absolute Gasteiger partial charge is 0.358 e. The van der Waals surface area contributed by atoms with E-state index in [1.807, 2.05) is 24.3 Å². The molecule has 6 heteroatoms. The van der Waals surface area contributed by atoms with E-state index in [0.717, 1.165) is 12.0 Å². The highest BCUT2D eigenvalue weighted by molar-refractivity contribution is 5.82. The van der Waals surface area contributed by atoms with Crippen LogP contribution in [0.2, 0.25) is 0 Å². The van der Waals surface area contributed by atoms with Crippen LogP contribution in [0, 0.1) is 0 Å². The maximum Gasteiger partial charge on any atom is 0.241 e. The average Bonchev–Trinajstić information content (AvgIpc) is 3.21. The number of hydrogen-bond acceptors (Lipinski definition) is 5. The summed E-state index contributed by atoms with van der Waals surface area (Å²) >= 11 is 0. The first-order valence-electron chi connectivity index (χ1n) is 9.62. The van der Waals surface area contributed by atoms with Crippen LogP contribution >= 0.6 is 0 Å². The van der Waals surface area contributed by atoms with Gasteiger partial charge >= 0.3 is 0 Å². The van der Waals surface area contributed by atoms with E-state index in [4.69, 9.17) is 4.52 Å². The van der Waals surface area contributed by atoms with Crippen LogP contribution in [-0.2, 0) is 30.7 Å². The first-order valence-corrected chi connectivity index (χ1v) is 9.62. The van der Waals surface area contributed by atoms with Gasteiger partial charge in [-0.05, 0) is 29.5 Å². The van der Waals surface area contributed by atoms with Gasteiger partial charge in [0.2, 0.25) is 17.6 Å². The zero-order chi connectivity index (χ0) is 19.5. The third kappa shape index (κ3) is 3.68. The molecule has 4 rings (SSSR count). The smallest absolute Gasteiger partial charge is 0.241 e. The van der Waals surface area contributed by atoms with Gasteiger partial charge in [0, 0.05) is 19.2 Å². The fourth-order valence-electron chi connectivity index (χ4n) is 3.67. The van der Waals surface area contributed by atoms with Crippen molar-refractivity contribution in [3.05, 3.63) is 71.1 Å². The van der Waals surface area contributed by atoms with Crippen molar-refractivity contribution < 1.29 is 9.32 Å². The molecule has 0 radical (unpaired) electrons. The number of fused-ring (bicyclic) bond motifs is 1. The maximum atomic E-state index is 12.4. The molecule has 0 aliphatic carbocycles. The van der Waals surface area contributed by atoms with E-state index in [0.29, 0.717) is 31.2 Å². The number of nitrogens with one attached hydrogen (secondary N) is 1. The van der Waals surface area contributed by atoms with Crippen molar-refractivity contribution in [2.45, 2.75) is 38.9 Å². The molecule has 0 bridgehead atoms. The highest BCUT2D eigenvalue weighted by atomic mass is 16.5. The van der Waals surface area contributed by atoms with Crippen LogP contribution < -0.4 is 5.32 Å². The summed E-state index contributed by atoms with van der Waals surface area (Å²) < 4.78 is 5.49. The Hall–Kier alpha value is -2.99. The fourth-order valence-corrected chi connectivity index (χ4v) is 3.67. The van der Waals surface area contributed by atoms with E-state index in [-0.39, 0.29) is 11.9 Å². The summed E-state index contributed by atoms with van der Waals surface area (Å²) in [7, 11) is 1.67. The second-order valence-corrected chi connectivity index (χ2v) is 7.07. The topological polar surface area (TPSA) is 71.3 Å². The van der Waals surface area contributed by atoms with Gasteiger partial charge in [0.1, 0.15) is 0 Å². The number of benzene rings is 2. The standard InChI is InChI=1S/C22H24N4O2/c1-3-15-8-10-16(11-9-15)21-24-20(28-25-21)14-26-13-18-7-5-4-6-17(18)12-19(26)22(27)23-2/h4-11,19H,3,12-14H2,1-2H3,(H,23,27)/t19-/m1/s1. The number of aromatic nitrogens is 2. The van der Waals surface area contributed by atoms with Crippen molar-refractivity contribution in [3.8, 4) is 11.4 Å². The van der Waals surface area contributed by atoms with Gasteiger partial charge < -0.3 is 9.84 Å². The van der Waals surface area contributed by atoms with E-state index in [2.05, 4.69) is 51.5 Å². The lowest BCUT2D eigenvalue weighted by molar-refractivity contribution is -0.126. The van der Waals surface area contributed by atoms with Crippen molar-refractivity contribution in [1.82, 2.24) is 20.4 Å². The monoisotopic (exact) mass is 376 g/mol. The molecule has 144 valence electrons. The number of nitrogens with zero attached hydrogens (tertiary/aromatic N) is 3. The summed E-state index contributed by atoms with van der Waals surface area (Å²) in [5.74, 6) is 1.10. The van der Waals surface area contributed by atoms with E-state index in [9.17, 15) is 4.79 Å². The Morgan fingerprint density at radius 2 is 1.93 bits per heavy atom. The summed E-state index contributed by atoms with van der Waals surface area (Å²) in [4.78, 5) is 19.1. The lowest BCUT2D eigenvalue weighted by Gasteiger charge is -2.34. The van der Waals surface area contributed by atoms with Crippen LogP contribution in [0.25, 0.3) is 11.4 Å². The minimum atomic E-state index is -0.251. The number of rotatable bonds is 5. The molecule has 6 nitrogen and oxygen atoms in total. The molecule has 0 spiro atoms. The number of amides is 1. The summed E-state index contributed by atoms with van der Waals surface area (Å²) in [6, 6.07) is 16.2. The summed E-state index contributed by atoms with van der Waals surface area (Å²) in [5, 5.41) is 6.90. The van der Waals surface area contributed by atoms with Crippen molar-refractivity contribution in [3.63, 3.8) is 0 Å². The second kappa shape index (κ2) is 7.94. The first-order chi connectivity index (χ1) is 13.7. The lowest BCUT2D eigenvalue weighted by Crippen LogP contribution is -2.49. The Morgan fingerprint density at radius 1 is 1.18 bits per heavy atom. The summed E-state index contributed by atoms with van der Waals surface area (Å²) in [6.07, 6.45) is 1.67. The third-order valence-electron chi connectivity index (χ3n) is 5.32. The van der Waals surface area contributed by atoms with Gasteiger partial charge in [0.05, 0.1) is 12.6 Å². The normalized spacial score (nSPS) is 16.6. The number of hydrogen-bond donors (Lipinski definition) is 1. The molecule has 1 aliphatic heterocycles. The van der Waals surface area contributed by atoms with E-state index in [1.54, 1.807) is 7.05 Å². The van der Waals surface area contributed by atoms with Gasteiger partial charge in [-0.25, -0.2) is 0 Å². The molecule has 0 saturated carbocycles. The zero-order valence-corrected chi connectivity index (χ0v) is 16.2. The lowest BCUT2D eigenvalue weighted by atomic mass is 9.93. The number of aryl methyl sites for hydroxylation is 1. The van der Waals surface area contributed by atoms with E-state index >= 15 is 0 Å². The van der Waals surface area contributed by atoms with E-state index in [1.165, 1.54) is 16.7 Å². The Morgan fingerprint density at radius 3 is 2.64 bits per heavy atom. The predicted molar refractivity (Wildman–Crippen MR) is 106 cm³/mol. The molecule has 2 aromatic carbocycles. The predicted octanol–water partition coefficient (Wildman–Crippen LogP) is 2.97. The summed E-state index contributed by atoms with van der Waals surface area (Å²) in [5.41, 5.74) is 4.65. The number of carbonyl (C=O) groups excluding carboxylic acids is 1. The molecular weight excluding hydrogens is 352 g/mol. The molecule has 3 aromatic rings. The second-order valence-electron chi connectivity index (χ2n) is 7.07. The molecule has 1 N–H and O–H groups in total. The quantitative estimate of drug-likeness (QED) is 0.741. The molecule has 1 atom stereocenters. The third-order valence-corrected chi connectivity index (χ3v) is 5.32. The van der Waals surface area contributed by atoms with Crippen LogP contribution in [0.5, 0.6) is 0 Å². The van der Waals surface area contributed by atoms with Gasteiger partial charge in [-0.3, -0.25) is 9.69 Å². The Bertz CT molecular complexity index is 965. The first kappa shape index (κ1) is 18.4.